The minimum Gasteiger partial charge on any atom is -0.459 e. The number of anilines is 1. The molecule has 0 radical (unpaired) electrons. The summed E-state index contributed by atoms with van der Waals surface area (Å²) in [7, 11) is -3.72. The van der Waals surface area contributed by atoms with Crippen molar-refractivity contribution in [1.29, 1.82) is 0 Å². The van der Waals surface area contributed by atoms with Crippen molar-refractivity contribution < 1.29 is 32.7 Å². The van der Waals surface area contributed by atoms with E-state index in [1.807, 2.05) is 84.9 Å². The number of rotatable bonds is 13. The van der Waals surface area contributed by atoms with Crippen LogP contribution in [0.15, 0.2) is 84.9 Å². The van der Waals surface area contributed by atoms with Crippen molar-refractivity contribution in [2.75, 3.05) is 17.6 Å². The number of aryl methyl sites for hydroxylation is 1. The molecule has 1 aliphatic heterocycles. The molecule has 1 fully saturated rings. The summed E-state index contributed by atoms with van der Waals surface area (Å²) < 4.78 is 31.6. The normalized spacial score (nSPS) is 18.8. The average molecular weight is 647 g/mol. The number of benzene rings is 3. The minimum atomic E-state index is -3.72. The molecule has 10 heteroatoms. The predicted octanol–water partition coefficient (Wildman–Crippen LogP) is 6.59. The zero-order valence-electron chi connectivity index (χ0n) is 26.6. The van der Waals surface area contributed by atoms with Gasteiger partial charge in [0.05, 0.1) is 24.3 Å². The molecule has 1 N–H and O–H groups in total. The van der Waals surface area contributed by atoms with Crippen LogP contribution in [0.25, 0.3) is 0 Å². The summed E-state index contributed by atoms with van der Waals surface area (Å²) in [4.78, 5) is 42.7. The molecule has 2 aliphatic rings. The van der Waals surface area contributed by atoms with Crippen LogP contribution >= 0.6 is 7.60 Å². The van der Waals surface area contributed by atoms with Crippen LogP contribution in [-0.2, 0) is 52.4 Å². The molecule has 1 heterocycles. The number of ether oxygens (including phenoxy) is 1. The Balaban J connectivity index is 1.32. The smallest absolute Gasteiger partial charge is 0.332 e. The third-order valence-electron chi connectivity index (χ3n) is 8.56. The number of fused-ring (bicyclic) bond motifs is 1. The average Bonchev–Trinajstić information content (AvgIpc) is 3.49. The van der Waals surface area contributed by atoms with E-state index < -0.39 is 25.0 Å². The van der Waals surface area contributed by atoms with Gasteiger partial charge in [0.1, 0.15) is 19.2 Å². The second kappa shape index (κ2) is 15.2. The topological polar surface area (TPSA) is 111 Å². The largest absolute Gasteiger partial charge is 0.459 e. The van der Waals surface area contributed by atoms with Crippen molar-refractivity contribution in [3.8, 4) is 0 Å². The molecule has 2 atom stereocenters. The zero-order chi connectivity index (χ0) is 32.6. The molecule has 0 aromatic heterocycles. The van der Waals surface area contributed by atoms with Crippen LogP contribution in [0.5, 0.6) is 0 Å². The van der Waals surface area contributed by atoms with Crippen molar-refractivity contribution in [2.24, 2.45) is 5.41 Å². The van der Waals surface area contributed by atoms with Gasteiger partial charge in [-0.05, 0) is 62.3 Å². The third kappa shape index (κ3) is 8.52. The van der Waals surface area contributed by atoms with E-state index in [0.717, 1.165) is 29.5 Å². The lowest BCUT2D eigenvalue weighted by molar-refractivity contribution is -0.144. The number of nitrogens with zero attached hydrogens (tertiary/aromatic N) is 1. The van der Waals surface area contributed by atoms with Gasteiger partial charge in [0.15, 0.2) is 0 Å². The number of amides is 2. The monoisotopic (exact) mass is 646 g/mol. The van der Waals surface area contributed by atoms with E-state index in [0.29, 0.717) is 31.4 Å². The first-order valence-corrected chi connectivity index (χ1v) is 17.7. The summed E-state index contributed by atoms with van der Waals surface area (Å²) in [5, 5.41) is 3.02. The fraction of sp³-hybridized carbons (Fsp3) is 0.417. The zero-order valence-corrected chi connectivity index (χ0v) is 27.5. The van der Waals surface area contributed by atoms with Gasteiger partial charge in [-0.2, -0.15) is 0 Å². The number of hydrogen-bond acceptors (Lipinski definition) is 7. The molecule has 1 aliphatic carbocycles. The van der Waals surface area contributed by atoms with Gasteiger partial charge < -0.3 is 19.1 Å². The summed E-state index contributed by atoms with van der Waals surface area (Å²) in [6, 6.07) is 25.3. The van der Waals surface area contributed by atoms with Gasteiger partial charge in [0.2, 0.25) is 11.8 Å². The summed E-state index contributed by atoms with van der Waals surface area (Å²) >= 11 is 0. The molecule has 1 saturated carbocycles. The summed E-state index contributed by atoms with van der Waals surface area (Å²) in [5.74, 6) is -1.27. The van der Waals surface area contributed by atoms with Crippen molar-refractivity contribution in [3.05, 3.63) is 102 Å². The molecule has 5 rings (SSSR count). The van der Waals surface area contributed by atoms with Crippen LogP contribution < -0.4 is 10.2 Å². The number of hydrogen-bond donors (Lipinski definition) is 1. The van der Waals surface area contributed by atoms with Crippen molar-refractivity contribution >= 4 is 31.1 Å². The molecule has 2 amide bonds. The van der Waals surface area contributed by atoms with Gasteiger partial charge >= 0.3 is 13.6 Å². The highest BCUT2D eigenvalue weighted by Gasteiger charge is 2.49. The Bertz CT molecular complexity index is 1540. The number of para-hydroxylation sites is 1. The Labute approximate surface area is 271 Å². The van der Waals surface area contributed by atoms with Gasteiger partial charge in [0, 0.05) is 5.69 Å². The lowest BCUT2D eigenvalue weighted by Crippen LogP contribution is -2.53. The van der Waals surface area contributed by atoms with E-state index in [1.54, 1.807) is 13.8 Å². The van der Waals surface area contributed by atoms with Gasteiger partial charge in [-0.3, -0.25) is 23.8 Å². The summed E-state index contributed by atoms with van der Waals surface area (Å²) in [5.41, 5.74) is 2.21. The van der Waals surface area contributed by atoms with Crippen LogP contribution in [0.1, 0.15) is 62.6 Å². The van der Waals surface area contributed by atoms with Gasteiger partial charge in [-0.25, -0.2) is 0 Å². The van der Waals surface area contributed by atoms with E-state index in [4.69, 9.17) is 13.8 Å². The Morgan fingerprint density at radius 2 is 1.52 bits per heavy atom. The van der Waals surface area contributed by atoms with Crippen LogP contribution in [-0.4, -0.2) is 42.6 Å². The van der Waals surface area contributed by atoms with Crippen LogP contribution in [0.3, 0.4) is 0 Å². The number of carbonyl (C=O) groups is 3. The molecule has 9 nitrogen and oxygen atoms in total. The molecular weight excluding hydrogens is 603 g/mol. The number of carbonyl (C=O) groups excluding carboxylic acids is 3. The molecule has 3 aromatic rings. The Morgan fingerprint density at radius 3 is 2.17 bits per heavy atom. The molecule has 244 valence electrons. The van der Waals surface area contributed by atoms with E-state index in [2.05, 4.69) is 5.32 Å². The third-order valence-corrected chi connectivity index (χ3v) is 10.8. The predicted molar refractivity (Wildman–Crippen MR) is 176 cm³/mol. The quantitative estimate of drug-likeness (QED) is 0.165. The summed E-state index contributed by atoms with van der Waals surface area (Å²) in [6.07, 6.45) is 3.04. The second-order valence-electron chi connectivity index (χ2n) is 12.4. The molecule has 0 bridgehead atoms. The minimum absolute atomic E-state index is 0.0759. The van der Waals surface area contributed by atoms with Crippen LogP contribution in [0, 0.1) is 5.41 Å². The van der Waals surface area contributed by atoms with Crippen molar-refractivity contribution in [2.45, 2.75) is 77.7 Å². The first-order valence-electron chi connectivity index (χ1n) is 16.0. The molecular formula is C36H43N2O7P. The maximum atomic E-state index is 14.2. The first kappa shape index (κ1) is 33.6. The van der Waals surface area contributed by atoms with Gasteiger partial charge in [-0.1, -0.05) is 91.7 Å². The van der Waals surface area contributed by atoms with Crippen molar-refractivity contribution in [3.63, 3.8) is 0 Å². The van der Waals surface area contributed by atoms with E-state index in [-0.39, 0.29) is 43.8 Å². The number of esters is 1. The lowest BCUT2D eigenvalue weighted by Gasteiger charge is -2.34. The lowest BCUT2D eigenvalue weighted by atomic mass is 9.87. The SMILES string of the molecule is CC(C)OP(=O)(CC1(C(=O)NC2CCc3ccccc3N(CC(=O)OCc3ccccc3)C2=O)CCCC1)OCc1ccccc1. The molecule has 0 saturated heterocycles. The maximum absolute atomic E-state index is 14.2. The van der Waals surface area contributed by atoms with Crippen LogP contribution in [0.2, 0.25) is 0 Å². The molecule has 3 aromatic carbocycles. The molecule has 0 spiro atoms. The Kier molecular flexibility index (Phi) is 11.1. The highest BCUT2D eigenvalue weighted by atomic mass is 31.2. The Morgan fingerprint density at radius 1 is 0.913 bits per heavy atom. The first-order chi connectivity index (χ1) is 22.2. The van der Waals surface area contributed by atoms with Crippen molar-refractivity contribution in [1.82, 2.24) is 5.32 Å². The standard InChI is InChI=1S/C36H43N2O7P/c1-27(2)45-46(42,44-25-29-15-7-4-8-16-29)26-36(21-11-12-22-36)35(41)37-31-20-19-30-17-9-10-18-32(30)38(34(31)40)23-33(39)43-24-28-13-5-3-6-14-28/h3-10,13-18,27,31H,11-12,19-26H2,1-2H3,(H,37,41). The molecule has 46 heavy (non-hydrogen) atoms. The Hall–Kier alpha value is -3.78. The second-order valence-corrected chi connectivity index (χ2v) is 14.4. The highest BCUT2D eigenvalue weighted by molar-refractivity contribution is 7.53. The summed E-state index contributed by atoms with van der Waals surface area (Å²) in [6.45, 7) is 3.49. The van der Waals surface area contributed by atoms with E-state index >= 15 is 0 Å². The van der Waals surface area contributed by atoms with Gasteiger partial charge in [-0.15, -0.1) is 0 Å². The number of nitrogens with one attached hydrogen (secondary N) is 1. The van der Waals surface area contributed by atoms with E-state index in [9.17, 15) is 18.9 Å². The van der Waals surface area contributed by atoms with E-state index in [1.165, 1.54) is 4.90 Å². The fourth-order valence-corrected chi connectivity index (χ4v) is 8.71. The highest BCUT2D eigenvalue weighted by Crippen LogP contribution is 2.58. The van der Waals surface area contributed by atoms with Crippen LogP contribution in [0.4, 0.5) is 5.69 Å². The maximum Gasteiger partial charge on any atom is 0.332 e. The fourth-order valence-electron chi connectivity index (χ4n) is 6.30. The van der Waals surface area contributed by atoms with Gasteiger partial charge in [0.25, 0.3) is 0 Å². The molecule has 2 unspecified atom stereocenters.